The summed E-state index contributed by atoms with van der Waals surface area (Å²) < 4.78 is 5.20. The molecular weight excluding hydrogens is 248 g/mol. The van der Waals surface area contributed by atoms with Crippen LogP contribution in [0.3, 0.4) is 0 Å². The van der Waals surface area contributed by atoms with Gasteiger partial charge in [-0.1, -0.05) is 32.4 Å². The van der Waals surface area contributed by atoms with Crippen molar-refractivity contribution in [3.63, 3.8) is 0 Å². The minimum atomic E-state index is 0.338. The van der Waals surface area contributed by atoms with Crippen molar-refractivity contribution in [2.45, 2.75) is 33.2 Å². The maximum absolute atomic E-state index is 5.20. The normalized spacial score (nSPS) is 14.3. The first-order valence-electron chi connectivity index (χ1n) is 7.49. The van der Waals surface area contributed by atoms with Crippen LogP contribution >= 0.6 is 0 Å². The molecule has 0 spiro atoms. The number of hydrogen-bond acceptors (Lipinski definition) is 3. The molecule has 20 heavy (non-hydrogen) atoms. The molecule has 1 N–H and O–H groups in total. The van der Waals surface area contributed by atoms with Crippen molar-refractivity contribution >= 4 is 0 Å². The Bertz CT molecular complexity index is 369. The molecule has 0 heterocycles. The lowest BCUT2D eigenvalue weighted by Gasteiger charge is -2.33. The largest absolute Gasteiger partial charge is 0.497 e. The second-order valence-electron chi connectivity index (χ2n) is 6.11. The molecule has 1 rings (SSSR count). The molecule has 0 saturated carbocycles. The summed E-state index contributed by atoms with van der Waals surface area (Å²) in [4.78, 5) is 2.41. The van der Waals surface area contributed by atoms with E-state index in [0.717, 1.165) is 25.4 Å². The van der Waals surface area contributed by atoms with E-state index in [1.165, 1.54) is 18.4 Å². The van der Waals surface area contributed by atoms with E-state index in [-0.39, 0.29) is 0 Å². The van der Waals surface area contributed by atoms with Gasteiger partial charge in [0.15, 0.2) is 0 Å². The van der Waals surface area contributed by atoms with Crippen LogP contribution < -0.4 is 10.1 Å². The molecule has 0 amide bonds. The number of nitrogens with one attached hydrogen (secondary N) is 1. The zero-order valence-electron chi connectivity index (χ0n) is 13.7. The van der Waals surface area contributed by atoms with Gasteiger partial charge in [-0.05, 0) is 43.6 Å². The van der Waals surface area contributed by atoms with Crippen LogP contribution in [-0.4, -0.2) is 39.2 Å². The van der Waals surface area contributed by atoms with Crippen LogP contribution in [0.2, 0.25) is 0 Å². The van der Waals surface area contributed by atoms with Crippen molar-refractivity contribution in [1.29, 1.82) is 0 Å². The van der Waals surface area contributed by atoms with Crippen LogP contribution in [0.25, 0.3) is 0 Å². The first-order chi connectivity index (χ1) is 9.53. The molecule has 0 fully saturated rings. The number of rotatable bonds is 9. The lowest BCUT2D eigenvalue weighted by atomic mass is 9.85. The Morgan fingerprint density at radius 3 is 2.40 bits per heavy atom. The summed E-state index contributed by atoms with van der Waals surface area (Å²) in [7, 11) is 5.94. The van der Waals surface area contributed by atoms with Gasteiger partial charge in [-0.3, -0.25) is 0 Å². The number of nitrogens with zero attached hydrogens (tertiary/aromatic N) is 1. The van der Waals surface area contributed by atoms with Crippen LogP contribution in [0.1, 0.15) is 32.3 Å². The van der Waals surface area contributed by atoms with E-state index in [9.17, 15) is 0 Å². The molecule has 0 aromatic heterocycles. The Morgan fingerprint density at radius 2 is 1.90 bits per heavy atom. The van der Waals surface area contributed by atoms with Gasteiger partial charge < -0.3 is 15.0 Å². The predicted molar refractivity (Wildman–Crippen MR) is 86.3 cm³/mol. The Morgan fingerprint density at radius 1 is 1.25 bits per heavy atom. The molecule has 0 aliphatic heterocycles. The van der Waals surface area contributed by atoms with Crippen LogP contribution in [-0.2, 0) is 6.54 Å². The summed E-state index contributed by atoms with van der Waals surface area (Å²) >= 11 is 0. The van der Waals surface area contributed by atoms with Gasteiger partial charge in [0.2, 0.25) is 0 Å². The van der Waals surface area contributed by atoms with Crippen molar-refractivity contribution in [2.24, 2.45) is 5.41 Å². The molecule has 1 aromatic carbocycles. The lowest BCUT2D eigenvalue weighted by molar-refractivity contribution is 0.171. The molecule has 0 aliphatic rings. The van der Waals surface area contributed by atoms with E-state index in [1.54, 1.807) is 7.11 Å². The highest BCUT2D eigenvalue weighted by Crippen LogP contribution is 2.24. The molecule has 1 aromatic rings. The molecule has 0 bridgehead atoms. The van der Waals surface area contributed by atoms with E-state index in [1.807, 2.05) is 19.2 Å². The zero-order valence-corrected chi connectivity index (χ0v) is 13.7. The fourth-order valence-electron chi connectivity index (χ4n) is 3.00. The molecule has 1 atom stereocenters. The van der Waals surface area contributed by atoms with E-state index in [2.05, 4.69) is 43.2 Å². The van der Waals surface area contributed by atoms with Gasteiger partial charge >= 0.3 is 0 Å². The minimum absolute atomic E-state index is 0.338. The summed E-state index contributed by atoms with van der Waals surface area (Å²) in [6.45, 7) is 7.78. The molecule has 114 valence electrons. The Kier molecular flexibility index (Phi) is 7.03. The van der Waals surface area contributed by atoms with Gasteiger partial charge in [0.25, 0.3) is 0 Å². The SMILES string of the molecule is CCCC(C)(CNC)CN(C)Cc1ccc(OC)cc1. The fourth-order valence-corrected chi connectivity index (χ4v) is 3.00. The summed E-state index contributed by atoms with van der Waals surface area (Å²) in [5, 5.41) is 3.33. The van der Waals surface area contributed by atoms with Crippen molar-refractivity contribution in [3.05, 3.63) is 29.8 Å². The van der Waals surface area contributed by atoms with Crippen molar-refractivity contribution in [1.82, 2.24) is 10.2 Å². The van der Waals surface area contributed by atoms with Crippen molar-refractivity contribution in [3.8, 4) is 5.75 Å². The third-order valence-electron chi connectivity index (χ3n) is 3.72. The summed E-state index contributed by atoms with van der Waals surface area (Å²) in [6, 6.07) is 8.35. The highest BCUT2D eigenvalue weighted by Gasteiger charge is 2.24. The van der Waals surface area contributed by atoms with Crippen LogP contribution in [0.15, 0.2) is 24.3 Å². The lowest BCUT2D eigenvalue weighted by Crippen LogP contribution is -2.39. The van der Waals surface area contributed by atoms with E-state index in [0.29, 0.717) is 5.41 Å². The van der Waals surface area contributed by atoms with Gasteiger partial charge in [-0.25, -0.2) is 0 Å². The van der Waals surface area contributed by atoms with Crippen molar-refractivity contribution < 1.29 is 4.74 Å². The molecule has 0 saturated heterocycles. The van der Waals surface area contributed by atoms with E-state index >= 15 is 0 Å². The van der Waals surface area contributed by atoms with Crippen LogP contribution in [0, 0.1) is 5.41 Å². The standard InChI is InChI=1S/C17H30N2O/c1-6-11-17(2,13-18-3)14-19(4)12-15-7-9-16(20-5)10-8-15/h7-10,18H,6,11-14H2,1-5H3. The highest BCUT2D eigenvalue weighted by atomic mass is 16.5. The third-order valence-corrected chi connectivity index (χ3v) is 3.72. The zero-order chi connectivity index (χ0) is 15.0. The topological polar surface area (TPSA) is 24.5 Å². The second-order valence-corrected chi connectivity index (χ2v) is 6.11. The van der Waals surface area contributed by atoms with Crippen molar-refractivity contribution in [2.75, 3.05) is 34.3 Å². The van der Waals surface area contributed by atoms with Gasteiger partial charge in [0, 0.05) is 19.6 Å². The van der Waals surface area contributed by atoms with Gasteiger partial charge in [-0.15, -0.1) is 0 Å². The molecular formula is C17H30N2O. The monoisotopic (exact) mass is 278 g/mol. The highest BCUT2D eigenvalue weighted by molar-refractivity contribution is 5.27. The summed E-state index contributed by atoms with van der Waals surface area (Å²) in [5.41, 5.74) is 1.67. The molecule has 3 nitrogen and oxygen atoms in total. The van der Waals surface area contributed by atoms with E-state index < -0.39 is 0 Å². The summed E-state index contributed by atoms with van der Waals surface area (Å²) in [5.74, 6) is 0.919. The first-order valence-corrected chi connectivity index (χ1v) is 7.49. The van der Waals surface area contributed by atoms with E-state index in [4.69, 9.17) is 4.74 Å². The number of ether oxygens (including phenoxy) is 1. The number of methoxy groups -OCH3 is 1. The Hall–Kier alpha value is -1.06. The van der Waals surface area contributed by atoms with Gasteiger partial charge in [0.05, 0.1) is 7.11 Å². The maximum atomic E-state index is 5.20. The molecule has 3 heteroatoms. The number of benzene rings is 1. The quantitative estimate of drug-likeness (QED) is 0.751. The molecule has 0 radical (unpaired) electrons. The average molecular weight is 278 g/mol. The Balaban J connectivity index is 2.57. The minimum Gasteiger partial charge on any atom is -0.497 e. The third kappa shape index (κ3) is 5.51. The molecule has 0 aliphatic carbocycles. The smallest absolute Gasteiger partial charge is 0.118 e. The van der Waals surface area contributed by atoms with Gasteiger partial charge in [-0.2, -0.15) is 0 Å². The van der Waals surface area contributed by atoms with Crippen LogP contribution in [0.4, 0.5) is 0 Å². The molecule has 1 unspecified atom stereocenters. The van der Waals surface area contributed by atoms with Gasteiger partial charge in [0.1, 0.15) is 5.75 Å². The number of hydrogen-bond donors (Lipinski definition) is 1. The maximum Gasteiger partial charge on any atom is 0.118 e. The predicted octanol–water partition coefficient (Wildman–Crippen LogP) is 3.15. The Labute approximate surface area is 124 Å². The first kappa shape index (κ1) is 17.0. The van der Waals surface area contributed by atoms with Crippen LogP contribution in [0.5, 0.6) is 5.75 Å². The summed E-state index contributed by atoms with van der Waals surface area (Å²) in [6.07, 6.45) is 2.48. The second kappa shape index (κ2) is 8.28. The fraction of sp³-hybridized carbons (Fsp3) is 0.647. The average Bonchev–Trinajstić information content (AvgIpc) is 2.39.